The maximum atomic E-state index is 9.31. The van der Waals surface area contributed by atoms with Crippen molar-refractivity contribution in [2.24, 2.45) is 5.92 Å². The van der Waals surface area contributed by atoms with Crippen LogP contribution in [-0.2, 0) is 5.41 Å². The summed E-state index contributed by atoms with van der Waals surface area (Å²) >= 11 is 0. The number of phenolic OH excluding ortho intramolecular Hbond substituents is 1. The van der Waals surface area contributed by atoms with Crippen LogP contribution < -0.4 is 0 Å². The molecule has 1 nitrogen and oxygen atoms in total. The minimum absolute atomic E-state index is 0.248. The van der Waals surface area contributed by atoms with E-state index in [1.807, 2.05) is 0 Å². The summed E-state index contributed by atoms with van der Waals surface area (Å²) in [7, 11) is 0. The highest BCUT2D eigenvalue weighted by Gasteiger charge is 2.24. The highest BCUT2D eigenvalue weighted by atomic mass is 16.3. The normalized spacial score (nSPS) is 15.1. The molecule has 0 saturated carbocycles. The summed E-state index contributed by atoms with van der Waals surface area (Å²) in [6, 6.07) is 7.69. The number of benzene rings is 1. The van der Waals surface area contributed by atoms with Gasteiger partial charge in [-0.1, -0.05) is 46.2 Å². The van der Waals surface area contributed by atoms with E-state index in [4.69, 9.17) is 0 Å². The molecule has 1 heteroatoms. The van der Waals surface area contributed by atoms with Crippen LogP contribution >= 0.6 is 0 Å². The van der Waals surface area contributed by atoms with Crippen molar-refractivity contribution in [1.82, 2.24) is 0 Å². The van der Waals surface area contributed by atoms with Gasteiger partial charge in [-0.3, -0.25) is 0 Å². The molecule has 0 bridgehead atoms. The molecule has 0 fully saturated rings. The molecular weight excluding hydrogens is 202 g/mol. The Morgan fingerprint density at radius 2 is 1.75 bits per heavy atom. The first-order valence-electron chi connectivity index (χ1n) is 6.27. The summed E-state index contributed by atoms with van der Waals surface area (Å²) in [5.41, 5.74) is 1.59. The molecule has 1 aromatic rings. The molecule has 0 aromatic heterocycles. The Morgan fingerprint density at radius 1 is 1.19 bits per heavy atom. The standard InChI is InChI=1S/C15H24O/c1-5-15(4,11-10-12(2)3)13-6-8-14(16)9-7-13/h6-9,12,16H,5,10-11H2,1-4H3/i6+1,7+1,8+1,9+1,13+1,14+1. The van der Waals surface area contributed by atoms with Crippen molar-refractivity contribution < 1.29 is 5.11 Å². The van der Waals surface area contributed by atoms with E-state index in [0.29, 0.717) is 5.75 Å². The van der Waals surface area contributed by atoms with Gasteiger partial charge in [0.1, 0.15) is 5.75 Å². The van der Waals surface area contributed by atoms with E-state index in [-0.39, 0.29) is 5.41 Å². The molecule has 1 N–H and O–H groups in total. The van der Waals surface area contributed by atoms with E-state index in [9.17, 15) is 5.11 Å². The Hall–Kier alpha value is -0.980. The van der Waals surface area contributed by atoms with Crippen molar-refractivity contribution in [1.29, 1.82) is 0 Å². The van der Waals surface area contributed by atoms with Crippen LogP contribution in [0.2, 0.25) is 0 Å². The minimum Gasteiger partial charge on any atom is -0.508 e. The largest absolute Gasteiger partial charge is 0.508 e. The van der Waals surface area contributed by atoms with Crippen LogP contribution in [0.5, 0.6) is 5.75 Å². The van der Waals surface area contributed by atoms with E-state index in [1.165, 1.54) is 18.4 Å². The van der Waals surface area contributed by atoms with Gasteiger partial charge in [0.25, 0.3) is 0 Å². The third-order valence-corrected chi connectivity index (χ3v) is 3.62. The maximum absolute atomic E-state index is 9.31. The summed E-state index contributed by atoms with van der Waals surface area (Å²) in [6.45, 7) is 9.11. The van der Waals surface area contributed by atoms with Gasteiger partial charge in [-0.15, -0.1) is 0 Å². The molecular formula is C15H24O. The highest BCUT2D eigenvalue weighted by Crippen LogP contribution is 2.34. The second-order valence-corrected chi connectivity index (χ2v) is 5.39. The lowest BCUT2D eigenvalue weighted by Gasteiger charge is -2.30. The molecule has 1 atom stereocenters. The van der Waals surface area contributed by atoms with Crippen molar-refractivity contribution in [2.45, 2.75) is 52.4 Å². The van der Waals surface area contributed by atoms with Crippen LogP contribution in [0.1, 0.15) is 52.5 Å². The molecule has 1 rings (SSSR count). The quantitative estimate of drug-likeness (QED) is 0.784. The molecule has 0 heterocycles. The van der Waals surface area contributed by atoms with Crippen LogP contribution in [0.25, 0.3) is 0 Å². The fourth-order valence-electron chi connectivity index (χ4n) is 2.00. The average Bonchev–Trinajstić information content (AvgIpc) is 2.27. The Morgan fingerprint density at radius 3 is 2.19 bits per heavy atom. The van der Waals surface area contributed by atoms with E-state index in [0.717, 1.165) is 12.3 Å². The van der Waals surface area contributed by atoms with Crippen molar-refractivity contribution in [2.75, 3.05) is 0 Å². The van der Waals surface area contributed by atoms with Crippen LogP contribution in [0.15, 0.2) is 24.3 Å². The second kappa shape index (κ2) is 5.38. The lowest BCUT2D eigenvalue weighted by Crippen LogP contribution is -2.21. The zero-order valence-electron chi connectivity index (χ0n) is 11.0. The fraction of sp³-hybridized carbons (Fsp3) is 0.600. The fourth-order valence-corrected chi connectivity index (χ4v) is 2.00. The van der Waals surface area contributed by atoms with E-state index < -0.39 is 0 Å². The highest BCUT2D eigenvalue weighted by molar-refractivity contribution is 5.31. The van der Waals surface area contributed by atoms with Crippen LogP contribution in [0.4, 0.5) is 0 Å². The first-order valence-corrected chi connectivity index (χ1v) is 6.27. The second-order valence-electron chi connectivity index (χ2n) is 5.39. The van der Waals surface area contributed by atoms with Crippen LogP contribution in [0, 0.1) is 5.92 Å². The summed E-state index contributed by atoms with van der Waals surface area (Å²) < 4.78 is 0. The molecule has 1 unspecified atom stereocenters. The van der Waals surface area contributed by atoms with Gasteiger partial charge >= 0.3 is 0 Å². The molecule has 16 heavy (non-hydrogen) atoms. The van der Waals surface area contributed by atoms with E-state index in [2.05, 4.69) is 39.8 Å². The molecule has 0 amide bonds. The zero-order valence-corrected chi connectivity index (χ0v) is 11.0. The SMILES string of the molecule is CCC(C)(CCC(C)C)[13c]1[13cH][13cH][13c](O)[13cH][13cH]1. The van der Waals surface area contributed by atoms with Crippen LogP contribution in [-0.4, -0.2) is 5.11 Å². The Balaban J connectivity index is 2.82. The zero-order chi connectivity index (χ0) is 12.2. The van der Waals surface area contributed by atoms with Crippen molar-refractivity contribution in [3.8, 4) is 5.75 Å². The summed E-state index contributed by atoms with van der Waals surface area (Å²) in [4.78, 5) is 0. The molecule has 1 aromatic carbocycles. The first kappa shape index (κ1) is 13.1. The predicted molar refractivity (Wildman–Crippen MR) is 69.8 cm³/mol. The van der Waals surface area contributed by atoms with Crippen molar-refractivity contribution in [3.63, 3.8) is 0 Å². The van der Waals surface area contributed by atoms with Gasteiger partial charge in [-0.25, -0.2) is 0 Å². The number of hydrogen-bond donors (Lipinski definition) is 1. The molecule has 0 spiro atoms. The third-order valence-electron chi connectivity index (χ3n) is 3.62. The number of rotatable bonds is 5. The molecule has 0 aliphatic rings. The Labute approximate surface area is 99.5 Å². The van der Waals surface area contributed by atoms with Crippen LogP contribution in [0.3, 0.4) is 0 Å². The van der Waals surface area contributed by atoms with E-state index >= 15 is 0 Å². The van der Waals surface area contributed by atoms with E-state index in [1.54, 1.807) is 12.1 Å². The first-order chi connectivity index (χ1) is 7.48. The monoisotopic (exact) mass is 226 g/mol. The van der Waals surface area contributed by atoms with Crippen molar-refractivity contribution >= 4 is 0 Å². The molecule has 0 aliphatic heterocycles. The molecule has 0 radical (unpaired) electrons. The number of phenols is 1. The van der Waals surface area contributed by atoms with Gasteiger partial charge in [0.05, 0.1) is 0 Å². The lowest BCUT2D eigenvalue weighted by molar-refractivity contribution is 0.373. The van der Waals surface area contributed by atoms with Gasteiger partial charge in [0, 0.05) is 0 Å². The summed E-state index contributed by atoms with van der Waals surface area (Å²) in [5, 5.41) is 9.31. The summed E-state index contributed by atoms with van der Waals surface area (Å²) in [6.07, 6.45) is 3.61. The topological polar surface area (TPSA) is 20.2 Å². The molecule has 90 valence electrons. The lowest BCUT2D eigenvalue weighted by atomic mass is 9.86. The maximum Gasteiger partial charge on any atom is 0.115 e. The Bertz CT molecular complexity index is 313. The number of hydrogen-bond acceptors (Lipinski definition) is 1. The van der Waals surface area contributed by atoms with Gasteiger partial charge in [0.2, 0.25) is 0 Å². The van der Waals surface area contributed by atoms with Gasteiger partial charge in [-0.2, -0.15) is 0 Å². The third kappa shape index (κ3) is 3.26. The molecule has 0 aliphatic carbocycles. The Kier molecular flexibility index (Phi) is 4.40. The molecule has 0 saturated heterocycles. The summed E-state index contributed by atoms with van der Waals surface area (Å²) in [5.74, 6) is 1.11. The van der Waals surface area contributed by atoms with Gasteiger partial charge in [-0.05, 0) is 41.9 Å². The predicted octanol–water partition coefficient (Wildman–Crippen LogP) is 4.50. The van der Waals surface area contributed by atoms with Gasteiger partial charge < -0.3 is 5.11 Å². The minimum atomic E-state index is 0.248. The van der Waals surface area contributed by atoms with Gasteiger partial charge in [0.15, 0.2) is 0 Å². The smallest absolute Gasteiger partial charge is 0.115 e. The van der Waals surface area contributed by atoms with Crippen molar-refractivity contribution in [3.05, 3.63) is 29.8 Å². The average molecular weight is 226 g/mol. The number of aromatic hydroxyl groups is 1.